The first-order valence-corrected chi connectivity index (χ1v) is 3.71. The van der Waals surface area contributed by atoms with Crippen molar-refractivity contribution in [2.24, 2.45) is 5.92 Å². The Kier molecular flexibility index (Phi) is 4.45. The molecule has 0 bridgehead atoms. The highest BCUT2D eigenvalue weighted by molar-refractivity contribution is 5.85. The van der Waals surface area contributed by atoms with Crippen LogP contribution in [0.1, 0.15) is 13.8 Å². The first kappa shape index (κ1) is 10.7. The number of hydrogen-bond donors (Lipinski definition) is 2. The van der Waals surface area contributed by atoms with Gasteiger partial charge in [0.2, 0.25) is 5.91 Å². The molecule has 0 radical (unpaired) electrons. The molecule has 1 heterocycles. The molecule has 1 fully saturated rings. The van der Waals surface area contributed by atoms with Gasteiger partial charge in [-0.2, -0.15) is 0 Å². The minimum absolute atomic E-state index is 0. The van der Waals surface area contributed by atoms with E-state index in [9.17, 15) is 4.79 Å². The van der Waals surface area contributed by atoms with Gasteiger partial charge in [-0.3, -0.25) is 4.79 Å². The van der Waals surface area contributed by atoms with Crippen molar-refractivity contribution >= 4 is 18.3 Å². The summed E-state index contributed by atoms with van der Waals surface area (Å²) >= 11 is 0. The van der Waals surface area contributed by atoms with Crippen LogP contribution in [0.2, 0.25) is 0 Å². The van der Waals surface area contributed by atoms with Crippen LogP contribution in [0.4, 0.5) is 0 Å². The number of rotatable bonds is 2. The number of halogens is 1. The number of nitrogens with one attached hydrogen (secondary N) is 2. The predicted molar refractivity (Wildman–Crippen MR) is 46.9 cm³/mol. The van der Waals surface area contributed by atoms with Crippen molar-refractivity contribution in [3.05, 3.63) is 0 Å². The molecular formula is C7H15ClN2O. The molecule has 1 saturated heterocycles. The molecule has 1 aliphatic heterocycles. The van der Waals surface area contributed by atoms with Gasteiger partial charge in [0, 0.05) is 19.0 Å². The monoisotopic (exact) mass is 178 g/mol. The topological polar surface area (TPSA) is 41.1 Å². The highest BCUT2D eigenvalue weighted by Gasteiger charge is 2.19. The molecule has 0 atom stereocenters. The number of carbonyl (C=O) groups excluding carboxylic acids is 1. The molecule has 0 spiro atoms. The van der Waals surface area contributed by atoms with Gasteiger partial charge in [0.05, 0.1) is 6.04 Å². The third kappa shape index (κ3) is 3.08. The van der Waals surface area contributed by atoms with Crippen molar-refractivity contribution in [1.29, 1.82) is 0 Å². The van der Waals surface area contributed by atoms with Crippen molar-refractivity contribution in [3.8, 4) is 0 Å². The maximum atomic E-state index is 11.0. The Bertz CT molecular complexity index is 134. The molecule has 0 unspecified atom stereocenters. The van der Waals surface area contributed by atoms with Crippen LogP contribution < -0.4 is 10.6 Å². The summed E-state index contributed by atoms with van der Waals surface area (Å²) in [6.45, 7) is 5.67. The van der Waals surface area contributed by atoms with Gasteiger partial charge < -0.3 is 10.6 Å². The molecule has 3 nitrogen and oxygen atoms in total. The lowest BCUT2D eigenvalue weighted by Crippen LogP contribution is -2.57. The van der Waals surface area contributed by atoms with E-state index >= 15 is 0 Å². The zero-order chi connectivity index (χ0) is 7.56. The van der Waals surface area contributed by atoms with Crippen LogP contribution in [0.25, 0.3) is 0 Å². The molecule has 0 saturated carbocycles. The van der Waals surface area contributed by atoms with Crippen LogP contribution in [0.3, 0.4) is 0 Å². The standard InChI is InChI=1S/C7H14N2O.ClH/c1-5(2)7(10)9-6-3-8-4-6;/h5-6,8H,3-4H2,1-2H3,(H,9,10);1H. The minimum atomic E-state index is 0. The largest absolute Gasteiger partial charge is 0.351 e. The second kappa shape index (κ2) is 4.57. The van der Waals surface area contributed by atoms with Crippen LogP contribution in [0.5, 0.6) is 0 Å². The summed E-state index contributed by atoms with van der Waals surface area (Å²) in [5, 5.41) is 6.01. The molecule has 1 aliphatic rings. The average Bonchev–Trinajstić information content (AvgIpc) is 1.77. The smallest absolute Gasteiger partial charge is 0.222 e. The maximum absolute atomic E-state index is 11.0. The summed E-state index contributed by atoms with van der Waals surface area (Å²) in [4.78, 5) is 11.0. The van der Waals surface area contributed by atoms with Gasteiger partial charge >= 0.3 is 0 Å². The van der Waals surface area contributed by atoms with E-state index < -0.39 is 0 Å². The molecule has 1 rings (SSSR count). The molecule has 11 heavy (non-hydrogen) atoms. The summed E-state index contributed by atoms with van der Waals surface area (Å²) in [7, 11) is 0. The molecule has 2 N–H and O–H groups in total. The summed E-state index contributed by atoms with van der Waals surface area (Å²) in [6.07, 6.45) is 0. The number of amides is 1. The number of hydrogen-bond acceptors (Lipinski definition) is 2. The van der Waals surface area contributed by atoms with Gasteiger partial charge in [0.1, 0.15) is 0 Å². The zero-order valence-corrected chi connectivity index (χ0v) is 7.70. The van der Waals surface area contributed by atoms with Gasteiger partial charge in [-0.15, -0.1) is 12.4 Å². The molecule has 1 amide bonds. The quantitative estimate of drug-likeness (QED) is 0.632. The van der Waals surface area contributed by atoms with E-state index in [1.54, 1.807) is 0 Å². The van der Waals surface area contributed by atoms with E-state index in [-0.39, 0.29) is 24.2 Å². The van der Waals surface area contributed by atoms with Crippen molar-refractivity contribution in [3.63, 3.8) is 0 Å². The van der Waals surface area contributed by atoms with Crippen LogP contribution >= 0.6 is 12.4 Å². The van der Waals surface area contributed by atoms with Crippen molar-refractivity contribution in [2.75, 3.05) is 13.1 Å². The van der Waals surface area contributed by atoms with Crippen molar-refractivity contribution in [1.82, 2.24) is 10.6 Å². The fourth-order valence-corrected chi connectivity index (χ4v) is 0.759. The molecule has 0 aliphatic carbocycles. The summed E-state index contributed by atoms with van der Waals surface area (Å²) in [5.41, 5.74) is 0. The van der Waals surface area contributed by atoms with Gasteiger partial charge in [0.25, 0.3) is 0 Å². The lowest BCUT2D eigenvalue weighted by atomic mass is 10.1. The Morgan fingerprint density at radius 2 is 2.09 bits per heavy atom. The highest BCUT2D eigenvalue weighted by Crippen LogP contribution is 1.95. The first-order valence-electron chi connectivity index (χ1n) is 3.71. The molecular weight excluding hydrogens is 164 g/mol. The van der Waals surface area contributed by atoms with Crippen LogP contribution in [0.15, 0.2) is 0 Å². The Balaban J connectivity index is 0.000001000. The Morgan fingerprint density at radius 3 is 2.36 bits per heavy atom. The van der Waals surface area contributed by atoms with Gasteiger partial charge in [-0.1, -0.05) is 13.8 Å². The van der Waals surface area contributed by atoms with E-state index in [2.05, 4.69) is 10.6 Å². The lowest BCUT2D eigenvalue weighted by molar-refractivity contribution is -0.125. The molecule has 0 aromatic carbocycles. The summed E-state index contributed by atoms with van der Waals surface area (Å²) in [6, 6.07) is 0.384. The summed E-state index contributed by atoms with van der Waals surface area (Å²) < 4.78 is 0. The fourth-order valence-electron chi connectivity index (χ4n) is 0.759. The zero-order valence-electron chi connectivity index (χ0n) is 6.89. The second-order valence-electron chi connectivity index (χ2n) is 3.02. The summed E-state index contributed by atoms with van der Waals surface area (Å²) in [5.74, 6) is 0.270. The third-order valence-corrected chi connectivity index (χ3v) is 1.65. The fraction of sp³-hybridized carbons (Fsp3) is 0.857. The van der Waals surface area contributed by atoms with Gasteiger partial charge in [-0.25, -0.2) is 0 Å². The minimum Gasteiger partial charge on any atom is -0.351 e. The first-order chi connectivity index (χ1) is 4.70. The van der Waals surface area contributed by atoms with Crippen LogP contribution in [-0.4, -0.2) is 25.0 Å². The highest BCUT2D eigenvalue weighted by atomic mass is 35.5. The average molecular weight is 179 g/mol. The van der Waals surface area contributed by atoms with Crippen LogP contribution in [0, 0.1) is 5.92 Å². The Morgan fingerprint density at radius 1 is 1.55 bits per heavy atom. The predicted octanol–water partition coefficient (Wildman–Crippen LogP) is 0.152. The van der Waals surface area contributed by atoms with E-state index in [4.69, 9.17) is 0 Å². The second-order valence-corrected chi connectivity index (χ2v) is 3.02. The SMILES string of the molecule is CC(C)C(=O)NC1CNC1.Cl. The third-order valence-electron chi connectivity index (χ3n) is 1.65. The molecule has 4 heteroatoms. The molecule has 0 aromatic rings. The van der Waals surface area contributed by atoms with Gasteiger partial charge in [0.15, 0.2) is 0 Å². The van der Waals surface area contributed by atoms with E-state index in [1.165, 1.54) is 0 Å². The van der Waals surface area contributed by atoms with Gasteiger partial charge in [-0.05, 0) is 0 Å². The normalized spacial score (nSPS) is 17.0. The lowest BCUT2D eigenvalue weighted by Gasteiger charge is -2.28. The Labute approximate surface area is 73.3 Å². The maximum Gasteiger partial charge on any atom is 0.222 e. The van der Waals surface area contributed by atoms with E-state index in [0.717, 1.165) is 13.1 Å². The van der Waals surface area contributed by atoms with Crippen molar-refractivity contribution < 1.29 is 4.79 Å². The van der Waals surface area contributed by atoms with Crippen molar-refractivity contribution in [2.45, 2.75) is 19.9 Å². The molecule has 66 valence electrons. The number of carbonyl (C=O) groups is 1. The van der Waals surface area contributed by atoms with Crippen LogP contribution in [-0.2, 0) is 4.79 Å². The molecule has 0 aromatic heterocycles. The van der Waals surface area contributed by atoms with E-state index in [0.29, 0.717) is 6.04 Å². The van der Waals surface area contributed by atoms with E-state index in [1.807, 2.05) is 13.8 Å². The Hall–Kier alpha value is -0.280.